The second kappa shape index (κ2) is 5.69. The number of hydrogen-bond acceptors (Lipinski definition) is 5. The fourth-order valence-corrected chi connectivity index (χ4v) is 2.86. The fourth-order valence-electron chi connectivity index (χ4n) is 2.86. The predicted octanol–water partition coefficient (Wildman–Crippen LogP) is 2.70. The van der Waals surface area contributed by atoms with E-state index in [1.807, 2.05) is 0 Å². The number of nitro groups is 1. The molecule has 0 saturated carbocycles. The Kier molecular flexibility index (Phi) is 3.74. The number of fused-ring (bicyclic) bond motifs is 1. The SMILES string of the molecule is CC1CC(CNc2ccc([N+](=O)[O-])c3[nH]ncc23)CCO1. The Morgan fingerprint density at radius 1 is 1.57 bits per heavy atom. The van der Waals surface area contributed by atoms with Crippen LogP contribution in [0.3, 0.4) is 0 Å². The van der Waals surface area contributed by atoms with Gasteiger partial charge in [0.25, 0.3) is 5.69 Å². The lowest BCUT2D eigenvalue weighted by molar-refractivity contribution is -0.383. The summed E-state index contributed by atoms with van der Waals surface area (Å²) in [4.78, 5) is 10.6. The molecule has 1 aromatic heterocycles. The summed E-state index contributed by atoms with van der Waals surface area (Å²) in [5.41, 5.74) is 1.39. The molecule has 1 aromatic carbocycles. The Morgan fingerprint density at radius 3 is 3.19 bits per heavy atom. The van der Waals surface area contributed by atoms with E-state index in [1.165, 1.54) is 6.07 Å². The lowest BCUT2D eigenvalue weighted by Gasteiger charge is -2.27. The van der Waals surface area contributed by atoms with Gasteiger partial charge in [0.05, 0.1) is 17.2 Å². The van der Waals surface area contributed by atoms with Gasteiger partial charge in [0.15, 0.2) is 0 Å². The molecule has 2 aromatic rings. The third-order valence-electron chi connectivity index (χ3n) is 3.97. The number of H-pyrrole nitrogens is 1. The number of hydrogen-bond donors (Lipinski definition) is 2. The van der Waals surface area contributed by atoms with Crippen LogP contribution in [-0.2, 0) is 4.74 Å². The Hall–Kier alpha value is -2.15. The van der Waals surface area contributed by atoms with E-state index in [0.717, 1.165) is 37.1 Å². The standard InChI is InChI=1S/C14H18N4O3/c1-9-6-10(4-5-21-9)7-15-12-2-3-13(18(19)20)14-11(12)8-16-17-14/h2-3,8-10,15H,4-7H2,1H3,(H,16,17). The van der Waals surface area contributed by atoms with Gasteiger partial charge in [0.1, 0.15) is 5.52 Å². The van der Waals surface area contributed by atoms with Crippen LogP contribution in [0.25, 0.3) is 10.9 Å². The minimum atomic E-state index is -0.398. The van der Waals surface area contributed by atoms with Crippen molar-refractivity contribution in [3.63, 3.8) is 0 Å². The maximum atomic E-state index is 11.0. The highest BCUT2D eigenvalue weighted by Gasteiger charge is 2.20. The van der Waals surface area contributed by atoms with Crippen LogP contribution in [0.2, 0.25) is 0 Å². The van der Waals surface area contributed by atoms with E-state index in [1.54, 1.807) is 12.3 Å². The van der Waals surface area contributed by atoms with Crippen LogP contribution in [0.15, 0.2) is 18.3 Å². The van der Waals surface area contributed by atoms with Gasteiger partial charge in [-0.05, 0) is 31.7 Å². The van der Waals surface area contributed by atoms with Gasteiger partial charge in [0.2, 0.25) is 0 Å². The molecule has 1 aliphatic heterocycles. The number of aromatic amines is 1. The summed E-state index contributed by atoms with van der Waals surface area (Å²) in [6, 6.07) is 3.26. The van der Waals surface area contributed by atoms with Gasteiger partial charge in [-0.25, -0.2) is 0 Å². The first kappa shape index (κ1) is 13.8. The average molecular weight is 290 g/mol. The largest absolute Gasteiger partial charge is 0.384 e. The molecule has 0 amide bonds. The third-order valence-corrected chi connectivity index (χ3v) is 3.97. The Bertz CT molecular complexity index is 655. The monoisotopic (exact) mass is 290 g/mol. The van der Waals surface area contributed by atoms with E-state index < -0.39 is 4.92 Å². The average Bonchev–Trinajstić information content (AvgIpc) is 2.94. The zero-order valence-electron chi connectivity index (χ0n) is 11.8. The molecule has 1 aliphatic rings. The van der Waals surface area contributed by atoms with E-state index in [2.05, 4.69) is 22.4 Å². The first-order valence-corrected chi connectivity index (χ1v) is 7.11. The maximum absolute atomic E-state index is 11.0. The summed E-state index contributed by atoms with van der Waals surface area (Å²) in [7, 11) is 0. The topological polar surface area (TPSA) is 93.1 Å². The van der Waals surface area contributed by atoms with E-state index >= 15 is 0 Å². The molecule has 112 valence electrons. The van der Waals surface area contributed by atoms with Crippen LogP contribution in [0, 0.1) is 16.0 Å². The Balaban J connectivity index is 1.77. The van der Waals surface area contributed by atoms with Crippen molar-refractivity contribution >= 4 is 22.3 Å². The number of anilines is 1. The molecular formula is C14H18N4O3. The predicted molar refractivity (Wildman–Crippen MR) is 79.4 cm³/mol. The van der Waals surface area contributed by atoms with Gasteiger partial charge in [-0.15, -0.1) is 0 Å². The van der Waals surface area contributed by atoms with Crippen LogP contribution in [-0.4, -0.2) is 34.4 Å². The molecule has 2 N–H and O–H groups in total. The van der Waals surface area contributed by atoms with Crippen LogP contribution < -0.4 is 5.32 Å². The Morgan fingerprint density at radius 2 is 2.43 bits per heavy atom. The molecular weight excluding hydrogens is 272 g/mol. The minimum absolute atomic E-state index is 0.0488. The van der Waals surface area contributed by atoms with Crippen LogP contribution >= 0.6 is 0 Å². The molecule has 0 bridgehead atoms. The summed E-state index contributed by atoms with van der Waals surface area (Å²) in [5, 5.41) is 21.8. The molecule has 2 unspecified atom stereocenters. The number of nitrogens with one attached hydrogen (secondary N) is 2. The molecule has 2 atom stereocenters. The second-order valence-corrected chi connectivity index (χ2v) is 5.50. The van der Waals surface area contributed by atoms with Crippen molar-refractivity contribution in [1.82, 2.24) is 10.2 Å². The third kappa shape index (κ3) is 2.82. The van der Waals surface area contributed by atoms with E-state index in [9.17, 15) is 10.1 Å². The molecule has 1 saturated heterocycles. The maximum Gasteiger partial charge on any atom is 0.295 e. The van der Waals surface area contributed by atoms with Gasteiger partial charge in [-0.1, -0.05) is 0 Å². The number of ether oxygens (including phenoxy) is 1. The molecule has 21 heavy (non-hydrogen) atoms. The highest BCUT2D eigenvalue weighted by Crippen LogP contribution is 2.30. The molecule has 2 heterocycles. The van der Waals surface area contributed by atoms with E-state index in [4.69, 9.17) is 4.74 Å². The smallest absolute Gasteiger partial charge is 0.295 e. The van der Waals surface area contributed by atoms with Crippen molar-refractivity contribution in [2.45, 2.75) is 25.9 Å². The first-order valence-electron chi connectivity index (χ1n) is 7.11. The normalized spacial score (nSPS) is 22.3. The zero-order valence-corrected chi connectivity index (χ0v) is 11.8. The number of non-ortho nitro benzene ring substituents is 1. The lowest BCUT2D eigenvalue weighted by Crippen LogP contribution is -2.27. The molecule has 7 heteroatoms. The second-order valence-electron chi connectivity index (χ2n) is 5.50. The zero-order chi connectivity index (χ0) is 14.8. The molecule has 7 nitrogen and oxygen atoms in total. The van der Waals surface area contributed by atoms with E-state index in [0.29, 0.717) is 17.5 Å². The van der Waals surface area contributed by atoms with Crippen LogP contribution in [0.5, 0.6) is 0 Å². The molecule has 0 spiro atoms. The summed E-state index contributed by atoms with van der Waals surface area (Å²) in [6.45, 7) is 3.73. The van der Waals surface area contributed by atoms with Gasteiger partial charge in [-0.3, -0.25) is 15.2 Å². The molecule has 0 radical (unpaired) electrons. The highest BCUT2D eigenvalue weighted by molar-refractivity contribution is 5.96. The number of aromatic nitrogens is 2. The van der Waals surface area contributed by atoms with Crippen molar-refractivity contribution in [2.75, 3.05) is 18.5 Å². The lowest BCUT2D eigenvalue weighted by atomic mass is 9.96. The Labute approximate surface area is 121 Å². The van der Waals surface area contributed by atoms with Gasteiger partial charge in [-0.2, -0.15) is 5.10 Å². The minimum Gasteiger partial charge on any atom is -0.384 e. The number of nitrogens with zero attached hydrogens (tertiary/aromatic N) is 2. The number of benzene rings is 1. The number of nitro benzene ring substituents is 1. The van der Waals surface area contributed by atoms with Crippen LogP contribution in [0.1, 0.15) is 19.8 Å². The summed E-state index contributed by atoms with van der Waals surface area (Å²) >= 11 is 0. The number of rotatable bonds is 4. The van der Waals surface area contributed by atoms with Crippen molar-refractivity contribution in [1.29, 1.82) is 0 Å². The molecule has 1 fully saturated rings. The summed E-state index contributed by atoms with van der Waals surface area (Å²) < 4.78 is 5.54. The quantitative estimate of drug-likeness (QED) is 0.667. The summed E-state index contributed by atoms with van der Waals surface area (Å²) in [5.74, 6) is 0.561. The summed E-state index contributed by atoms with van der Waals surface area (Å²) in [6.07, 6.45) is 4.00. The highest BCUT2D eigenvalue weighted by atomic mass is 16.6. The van der Waals surface area contributed by atoms with Crippen LogP contribution in [0.4, 0.5) is 11.4 Å². The first-order chi connectivity index (χ1) is 10.1. The van der Waals surface area contributed by atoms with Crippen molar-refractivity contribution in [2.24, 2.45) is 5.92 Å². The van der Waals surface area contributed by atoms with Crippen molar-refractivity contribution in [3.05, 3.63) is 28.4 Å². The van der Waals surface area contributed by atoms with Crippen molar-refractivity contribution in [3.8, 4) is 0 Å². The molecule has 0 aliphatic carbocycles. The van der Waals surface area contributed by atoms with Crippen molar-refractivity contribution < 1.29 is 9.66 Å². The van der Waals surface area contributed by atoms with Gasteiger partial charge in [0, 0.05) is 30.3 Å². The van der Waals surface area contributed by atoms with E-state index in [-0.39, 0.29) is 5.69 Å². The van der Waals surface area contributed by atoms with Gasteiger partial charge >= 0.3 is 0 Å². The van der Waals surface area contributed by atoms with Gasteiger partial charge < -0.3 is 10.1 Å². The fraction of sp³-hybridized carbons (Fsp3) is 0.500. The molecule has 3 rings (SSSR count).